The third-order valence-corrected chi connectivity index (χ3v) is 4.40. The summed E-state index contributed by atoms with van der Waals surface area (Å²) in [5, 5.41) is 13.2. The molecule has 1 aromatic carbocycles. The predicted octanol–water partition coefficient (Wildman–Crippen LogP) is 2.81. The van der Waals surface area contributed by atoms with E-state index in [0.29, 0.717) is 22.2 Å². The van der Waals surface area contributed by atoms with Gasteiger partial charge in [0.2, 0.25) is 5.91 Å². The molecule has 1 aliphatic heterocycles. The van der Waals surface area contributed by atoms with E-state index in [0.717, 1.165) is 25.9 Å². The van der Waals surface area contributed by atoms with E-state index in [1.807, 2.05) is 0 Å². The molecule has 1 fully saturated rings. The first kappa shape index (κ1) is 18.3. The number of hydrogen-bond donors (Lipinski definition) is 2. The zero-order valence-corrected chi connectivity index (χ0v) is 14.3. The highest BCUT2D eigenvalue weighted by atomic mass is 35.5. The van der Waals surface area contributed by atoms with Crippen LogP contribution in [0.25, 0.3) is 0 Å². The van der Waals surface area contributed by atoms with Gasteiger partial charge in [0.15, 0.2) is 0 Å². The molecule has 1 aliphatic rings. The Morgan fingerprint density at radius 3 is 3.04 bits per heavy atom. The lowest BCUT2D eigenvalue weighted by Crippen LogP contribution is -2.35. The summed E-state index contributed by atoms with van der Waals surface area (Å²) in [6.45, 7) is 0.934. The topological polar surface area (TPSA) is 67.8 Å². The fourth-order valence-corrected chi connectivity index (χ4v) is 2.67. The lowest BCUT2D eigenvalue weighted by molar-refractivity contribution is -0.122. The second kappa shape index (κ2) is 9.33. The Morgan fingerprint density at radius 2 is 2.30 bits per heavy atom. The van der Waals surface area contributed by atoms with Crippen LogP contribution < -0.4 is 10.1 Å². The first-order chi connectivity index (χ1) is 11.1. The first-order valence-corrected chi connectivity index (χ1v) is 8.45. The lowest BCUT2D eigenvalue weighted by Gasteiger charge is -2.15. The van der Waals surface area contributed by atoms with Gasteiger partial charge in [-0.15, -0.1) is 0 Å². The summed E-state index contributed by atoms with van der Waals surface area (Å²) in [4.78, 5) is 11.7. The quantitative estimate of drug-likeness (QED) is 0.746. The van der Waals surface area contributed by atoms with Crippen LogP contribution in [-0.2, 0) is 9.53 Å². The Balaban J connectivity index is 1.63. The van der Waals surface area contributed by atoms with E-state index in [1.54, 1.807) is 18.2 Å². The van der Waals surface area contributed by atoms with Crippen molar-refractivity contribution in [2.75, 3.05) is 19.8 Å². The average Bonchev–Trinajstić information content (AvgIpc) is 3.05. The molecule has 2 atom stereocenters. The van der Waals surface area contributed by atoms with Crippen molar-refractivity contribution in [3.05, 3.63) is 28.2 Å². The van der Waals surface area contributed by atoms with E-state index in [-0.39, 0.29) is 25.2 Å². The van der Waals surface area contributed by atoms with Crippen LogP contribution in [0.3, 0.4) is 0 Å². The molecule has 1 aromatic rings. The molecule has 2 N–H and O–H groups in total. The van der Waals surface area contributed by atoms with Gasteiger partial charge in [0.1, 0.15) is 23.5 Å². The Labute approximate surface area is 145 Å². The molecule has 5 nitrogen and oxygen atoms in total. The average molecular weight is 362 g/mol. The van der Waals surface area contributed by atoms with E-state index in [2.05, 4.69) is 5.32 Å². The van der Waals surface area contributed by atoms with Gasteiger partial charge in [-0.05, 0) is 31.4 Å². The minimum Gasteiger partial charge on any atom is -0.489 e. The van der Waals surface area contributed by atoms with Crippen molar-refractivity contribution in [1.82, 2.24) is 5.32 Å². The number of carbonyl (C=O) groups excluding carboxylic acids is 1. The number of aliphatic hydroxyl groups excluding tert-OH is 1. The van der Waals surface area contributed by atoms with Crippen LogP contribution in [0.15, 0.2) is 18.2 Å². The van der Waals surface area contributed by atoms with Gasteiger partial charge in [-0.25, -0.2) is 0 Å². The fourth-order valence-electron chi connectivity index (χ4n) is 2.32. The summed E-state index contributed by atoms with van der Waals surface area (Å²) < 4.78 is 10.9. The lowest BCUT2D eigenvalue weighted by atomic mass is 10.1. The molecule has 128 valence electrons. The SMILES string of the molecule is O=C(CCC1CCCO1)NCC(O)COc1cccc(Cl)c1Cl. The third-order valence-electron chi connectivity index (χ3n) is 3.60. The number of ether oxygens (including phenoxy) is 2. The van der Waals surface area contributed by atoms with Gasteiger partial charge in [0.25, 0.3) is 0 Å². The minimum atomic E-state index is -0.822. The minimum absolute atomic E-state index is 0.0199. The van der Waals surface area contributed by atoms with Gasteiger partial charge < -0.3 is 19.9 Å². The number of nitrogens with one attached hydrogen (secondary N) is 1. The first-order valence-electron chi connectivity index (χ1n) is 7.69. The summed E-state index contributed by atoms with van der Waals surface area (Å²) in [6, 6.07) is 5.03. The Morgan fingerprint density at radius 1 is 1.48 bits per heavy atom. The number of carbonyl (C=O) groups is 1. The van der Waals surface area contributed by atoms with Crippen molar-refractivity contribution in [2.24, 2.45) is 0 Å². The normalized spacial score (nSPS) is 18.7. The number of rotatable bonds is 8. The molecule has 7 heteroatoms. The Kier molecular flexibility index (Phi) is 7.43. The predicted molar refractivity (Wildman–Crippen MR) is 89.2 cm³/mol. The monoisotopic (exact) mass is 361 g/mol. The summed E-state index contributed by atoms with van der Waals surface area (Å²) in [7, 11) is 0. The highest BCUT2D eigenvalue weighted by molar-refractivity contribution is 6.42. The summed E-state index contributed by atoms with van der Waals surface area (Å²) in [5.74, 6) is 0.309. The number of amides is 1. The van der Waals surface area contributed by atoms with Gasteiger partial charge >= 0.3 is 0 Å². The molecule has 1 amide bonds. The van der Waals surface area contributed by atoms with Gasteiger partial charge in [-0.2, -0.15) is 0 Å². The van der Waals surface area contributed by atoms with Crippen LogP contribution in [0.2, 0.25) is 10.0 Å². The summed E-state index contributed by atoms with van der Waals surface area (Å²) >= 11 is 11.9. The van der Waals surface area contributed by atoms with Crippen LogP contribution in [0.4, 0.5) is 0 Å². The van der Waals surface area contributed by atoms with Crippen molar-refractivity contribution >= 4 is 29.1 Å². The van der Waals surface area contributed by atoms with Crippen molar-refractivity contribution in [1.29, 1.82) is 0 Å². The molecule has 2 unspecified atom stereocenters. The second-order valence-corrected chi connectivity index (χ2v) is 6.28. The molecule has 0 radical (unpaired) electrons. The van der Waals surface area contributed by atoms with Crippen molar-refractivity contribution in [3.63, 3.8) is 0 Å². The number of hydrogen-bond acceptors (Lipinski definition) is 4. The molecule has 1 heterocycles. The number of benzene rings is 1. The van der Waals surface area contributed by atoms with Gasteiger partial charge in [0, 0.05) is 19.6 Å². The van der Waals surface area contributed by atoms with Crippen molar-refractivity contribution < 1.29 is 19.4 Å². The van der Waals surface area contributed by atoms with E-state index in [9.17, 15) is 9.90 Å². The smallest absolute Gasteiger partial charge is 0.220 e. The number of aliphatic hydroxyl groups is 1. The highest BCUT2D eigenvalue weighted by Gasteiger charge is 2.17. The van der Waals surface area contributed by atoms with Gasteiger partial charge in [-0.1, -0.05) is 29.3 Å². The van der Waals surface area contributed by atoms with E-state index < -0.39 is 6.10 Å². The second-order valence-electron chi connectivity index (χ2n) is 5.49. The molecule has 0 bridgehead atoms. The molecule has 2 rings (SSSR count). The molecule has 1 saturated heterocycles. The molecule has 0 saturated carbocycles. The summed E-state index contributed by atoms with van der Waals surface area (Å²) in [5.41, 5.74) is 0. The van der Waals surface area contributed by atoms with Crippen LogP contribution >= 0.6 is 23.2 Å². The van der Waals surface area contributed by atoms with Crippen molar-refractivity contribution in [3.8, 4) is 5.75 Å². The van der Waals surface area contributed by atoms with Crippen LogP contribution in [0, 0.1) is 0 Å². The third kappa shape index (κ3) is 6.18. The fraction of sp³-hybridized carbons (Fsp3) is 0.562. The maximum absolute atomic E-state index is 11.7. The molecular weight excluding hydrogens is 341 g/mol. The van der Waals surface area contributed by atoms with E-state index >= 15 is 0 Å². The van der Waals surface area contributed by atoms with Gasteiger partial charge in [0.05, 0.1) is 11.1 Å². The largest absolute Gasteiger partial charge is 0.489 e. The molecule has 0 spiro atoms. The van der Waals surface area contributed by atoms with Gasteiger partial charge in [-0.3, -0.25) is 4.79 Å². The maximum atomic E-state index is 11.7. The highest BCUT2D eigenvalue weighted by Crippen LogP contribution is 2.31. The zero-order valence-electron chi connectivity index (χ0n) is 12.8. The summed E-state index contributed by atoms with van der Waals surface area (Å²) in [6.07, 6.45) is 2.57. The molecule has 0 aliphatic carbocycles. The Bertz CT molecular complexity index is 521. The zero-order chi connectivity index (χ0) is 16.7. The van der Waals surface area contributed by atoms with Crippen LogP contribution in [0.1, 0.15) is 25.7 Å². The standard InChI is InChI=1S/C16H21Cl2NO4/c17-13-4-1-5-14(16(13)18)23-10-11(20)9-19-15(21)7-6-12-3-2-8-22-12/h1,4-5,11-12,20H,2-3,6-10H2,(H,19,21). The van der Waals surface area contributed by atoms with Crippen molar-refractivity contribution in [2.45, 2.75) is 37.9 Å². The van der Waals surface area contributed by atoms with E-state index in [4.69, 9.17) is 32.7 Å². The van der Waals surface area contributed by atoms with Crippen LogP contribution in [-0.4, -0.2) is 43.0 Å². The van der Waals surface area contributed by atoms with E-state index in [1.165, 1.54) is 0 Å². The Hall–Kier alpha value is -1.01. The molecule has 23 heavy (non-hydrogen) atoms. The number of halogens is 2. The molecule has 0 aromatic heterocycles. The van der Waals surface area contributed by atoms with Crippen LogP contribution in [0.5, 0.6) is 5.75 Å². The maximum Gasteiger partial charge on any atom is 0.220 e. The molecular formula is C16H21Cl2NO4.